The summed E-state index contributed by atoms with van der Waals surface area (Å²) in [4.78, 5) is 12.7. The fourth-order valence-corrected chi connectivity index (χ4v) is 3.83. The molecule has 0 aliphatic heterocycles. The Morgan fingerprint density at radius 1 is 1.11 bits per heavy atom. The molecule has 2 aromatic carbocycles. The van der Waals surface area contributed by atoms with Crippen molar-refractivity contribution in [3.63, 3.8) is 0 Å². The lowest BCUT2D eigenvalue weighted by atomic mass is 10.1. The third-order valence-corrected chi connectivity index (χ3v) is 5.82. The number of hydrogen-bond donors (Lipinski definition) is 2. The van der Waals surface area contributed by atoms with E-state index < -0.39 is 6.10 Å². The molecular formula is C22H25N3O2S. The van der Waals surface area contributed by atoms with Gasteiger partial charge in [0.15, 0.2) is 0 Å². The largest absolute Gasteiger partial charge is 0.388 e. The highest BCUT2D eigenvalue weighted by Gasteiger charge is 2.20. The highest BCUT2D eigenvalue weighted by Crippen LogP contribution is 2.25. The fourth-order valence-electron chi connectivity index (χ4n) is 2.95. The van der Waals surface area contributed by atoms with Gasteiger partial charge in [-0.3, -0.25) is 4.79 Å². The Bertz CT molecular complexity index is 926. The highest BCUT2D eigenvalue weighted by molar-refractivity contribution is 8.00. The third kappa shape index (κ3) is 4.64. The van der Waals surface area contributed by atoms with Gasteiger partial charge in [-0.2, -0.15) is 5.10 Å². The number of benzene rings is 2. The van der Waals surface area contributed by atoms with Crippen molar-refractivity contribution in [3.8, 4) is 5.69 Å². The van der Waals surface area contributed by atoms with Gasteiger partial charge in [-0.1, -0.05) is 48.5 Å². The summed E-state index contributed by atoms with van der Waals surface area (Å²) < 4.78 is 1.84. The second-order valence-corrected chi connectivity index (χ2v) is 8.06. The van der Waals surface area contributed by atoms with E-state index in [2.05, 4.69) is 10.4 Å². The van der Waals surface area contributed by atoms with Crippen LogP contribution in [0.25, 0.3) is 5.69 Å². The molecule has 2 atom stereocenters. The first-order chi connectivity index (χ1) is 13.5. The van der Waals surface area contributed by atoms with Crippen LogP contribution in [0.15, 0.2) is 60.7 Å². The number of thioether (sulfide) groups is 1. The number of hydrogen-bond acceptors (Lipinski definition) is 4. The minimum atomic E-state index is -0.592. The van der Waals surface area contributed by atoms with Gasteiger partial charge in [0, 0.05) is 5.75 Å². The van der Waals surface area contributed by atoms with Crippen LogP contribution in [0.5, 0.6) is 0 Å². The van der Waals surface area contributed by atoms with Crippen LogP contribution in [0.1, 0.15) is 30.0 Å². The number of nitrogens with zero attached hydrogens (tertiary/aromatic N) is 2. The number of aromatic nitrogens is 2. The molecule has 2 unspecified atom stereocenters. The third-order valence-electron chi connectivity index (χ3n) is 4.60. The summed E-state index contributed by atoms with van der Waals surface area (Å²) in [6.45, 7) is 5.68. The number of aryl methyl sites for hydroxylation is 1. The monoisotopic (exact) mass is 395 g/mol. The average molecular weight is 396 g/mol. The SMILES string of the molecule is Cc1nn(-c2ccccc2)c(C)c1NC(=O)C(C)SCC(O)c1ccccc1. The summed E-state index contributed by atoms with van der Waals surface area (Å²) in [6.07, 6.45) is -0.592. The summed E-state index contributed by atoms with van der Waals surface area (Å²) in [6, 6.07) is 19.3. The molecule has 0 spiro atoms. The van der Waals surface area contributed by atoms with Gasteiger partial charge in [-0.25, -0.2) is 4.68 Å². The molecule has 5 nitrogen and oxygen atoms in total. The summed E-state index contributed by atoms with van der Waals surface area (Å²) >= 11 is 1.43. The Labute approximate surface area is 169 Å². The van der Waals surface area contributed by atoms with Crippen LogP contribution in [-0.4, -0.2) is 31.8 Å². The minimum Gasteiger partial charge on any atom is -0.388 e. The van der Waals surface area contributed by atoms with Crippen LogP contribution < -0.4 is 5.32 Å². The van der Waals surface area contributed by atoms with E-state index in [1.165, 1.54) is 11.8 Å². The van der Waals surface area contributed by atoms with Crippen molar-refractivity contribution >= 4 is 23.4 Å². The summed E-state index contributed by atoms with van der Waals surface area (Å²) in [5.74, 6) is 0.365. The number of anilines is 1. The number of rotatable bonds is 7. The molecule has 1 amide bonds. The quantitative estimate of drug-likeness (QED) is 0.626. The molecule has 3 rings (SSSR count). The van der Waals surface area contributed by atoms with Gasteiger partial charge >= 0.3 is 0 Å². The first kappa shape index (κ1) is 20.2. The Kier molecular flexibility index (Phi) is 6.54. The minimum absolute atomic E-state index is 0.0935. The zero-order valence-corrected chi connectivity index (χ0v) is 17.1. The molecule has 3 aromatic rings. The molecule has 2 N–H and O–H groups in total. The first-order valence-corrected chi connectivity index (χ1v) is 10.3. The molecule has 0 aliphatic carbocycles. The zero-order valence-electron chi connectivity index (χ0n) is 16.3. The molecule has 1 aromatic heterocycles. The lowest BCUT2D eigenvalue weighted by Crippen LogP contribution is -2.24. The average Bonchev–Trinajstić information content (AvgIpc) is 3.01. The smallest absolute Gasteiger partial charge is 0.237 e. The number of aliphatic hydroxyl groups is 1. The maximum absolute atomic E-state index is 12.7. The molecule has 0 aliphatic rings. The van der Waals surface area contributed by atoms with Crippen molar-refractivity contribution in [2.75, 3.05) is 11.1 Å². The normalized spacial score (nSPS) is 13.1. The van der Waals surface area contributed by atoms with Gasteiger partial charge in [0.1, 0.15) is 0 Å². The number of nitrogens with one attached hydrogen (secondary N) is 1. The molecule has 0 saturated heterocycles. The Morgan fingerprint density at radius 3 is 2.36 bits per heavy atom. The lowest BCUT2D eigenvalue weighted by Gasteiger charge is -2.15. The van der Waals surface area contributed by atoms with Crippen LogP contribution in [0.3, 0.4) is 0 Å². The van der Waals surface area contributed by atoms with Crippen molar-refractivity contribution < 1.29 is 9.90 Å². The van der Waals surface area contributed by atoms with Gasteiger partial charge in [-0.15, -0.1) is 11.8 Å². The number of carbonyl (C=O) groups excluding carboxylic acids is 1. The van der Waals surface area contributed by atoms with Crippen LogP contribution >= 0.6 is 11.8 Å². The van der Waals surface area contributed by atoms with E-state index in [0.29, 0.717) is 5.75 Å². The van der Waals surface area contributed by atoms with Crippen LogP contribution in [0.2, 0.25) is 0 Å². The number of aliphatic hydroxyl groups excluding tert-OH is 1. The molecular weight excluding hydrogens is 370 g/mol. The van der Waals surface area contributed by atoms with Crippen LogP contribution in [-0.2, 0) is 4.79 Å². The van der Waals surface area contributed by atoms with E-state index in [1.54, 1.807) is 0 Å². The summed E-state index contributed by atoms with van der Waals surface area (Å²) in [5, 5.41) is 17.6. The van der Waals surface area contributed by atoms with Gasteiger partial charge in [0.25, 0.3) is 0 Å². The Hall–Kier alpha value is -2.57. The zero-order chi connectivity index (χ0) is 20.1. The van der Waals surface area contributed by atoms with E-state index in [4.69, 9.17) is 0 Å². The van der Waals surface area contributed by atoms with Gasteiger partial charge < -0.3 is 10.4 Å². The second-order valence-electron chi connectivity index (χ2n) is 6.68. The molecule has 1 heterocycles. The Morgan fingerprint density at radius 2 is 1.71 bits per heavy atom. The predicted molar refractivity (Wildman–Crippen MR) is 115 cm³/mol. The summed E-state index contributed by atoms with van der Waals surface area (Å²) in [5.41, 5.74) is 4.22. The summed E-state index contributed by atoms with van der Waals surface area (Å²) in [7, 11) is 0. The van der Waals surface area contributed by atoms with Crippen molar-refractivity contribution in [3.05, 3.63) is 77.6 Å². The topological polar surface area (TPSA) is 67.2 Å². The van der Waals surface area contributed by atoms with E-state index in [9.17, 15) is 9.90 Å². The highest BCUT2D eigenvalue weighted by atomic mass is 32.2. The first-order valence-electron chi connectivity index (χ1n) is 9.24. The van der Waals surface area contributed by atoms with Crippen LogP contribution in [0.4, 0.5) is 5.69 Å². The van der Waals surface area contributed by atoms with Gasteiger partial charge in [-0.05, 0) is 38.5 Å². The Balaban J connectivity index is 1.63. The van der Waals surface area contributed by atoms with E-state index in [1.807, 2.05) is 86.1 Å². The molecule has 146 valence electrons. The van der Waals surface area contributed by atoms with E-state index in [-0.39, 0.29) is 11.2 Å². The van der Waals surface area contributed by atoms with E-state index >= 15 is 0 Å². The van der Waals surface area contributed by atoms with Crippen molar-refractivity contribution in [2.45, 2.75) is 32.1 Å². The van der Waals surface area contributed by atoms with Crippen molar-refractivity contribution in [2.24, 2.45) is 0 Å². The lowest BCUT2D eigenvalue weighted by molar-refractivity contribution is -0.115. The number of para-hydroxylation sites is 1. The molecule has 6 heteroatoms. The molecule has 0 saturated carbocycles. The molecule has 0 radical (unpaired) electrons. The fraction of sp³-hybridized carbons (Fsp3) is 0.273. The van der Waals surface area contributed by atoms with E-state index in [0.717, 1.165) is 28.3 Å². The predicted octanol–water partition coefficient (Wildman–Crippen LogP) is 4.28. The number of carbonyl (C=O) groups is 1. The van der Waals surface area contributed by atoms with Gasteiger partial charge in [0.2, 0.25) is 5.91 Å². The maximum Gasteiger partial charge on any atom is 0.237 e. The standard InChI is InChI=1S/C22H25N3O2S/c1-15-21(16(2)25(24-15)19-12-8-5-9-13-19)23-22(27)17(3)28-14-20(26)18-10-6-4-7-11-18/h4-13,17,20,26H,14H2,1-3H3,(H,23,27). The molecule has 28 heavy (non-hydrogen) atoms. The van der Waals surface area contributed by atoms with Gasteiger partial charge in [0.05, 0.1) is 34.1 Å². The maximum atomic E-state index is 12.7. The van der Waals surface area contributed by atoms with Crippen LogP contribution in [0, 0.1) is 13.8 Å². The molecule has 0 fully saturated rings. The molecule has 0 bridgehead atoms. The second kappa shape index (κ2) is 9.08. The van der Waals surface area contributed by atoms with Crippen molar-refractivity contribution in [1.82, 2.24) is 9.78 Å². The number of amides is 1. The van der Waals surface area contributed by atoms with Crippen molar-refractivity contribution in [1.29, 1.82) is 0 Å².